The lowest BCUT2D eigenvalue weighted by Crippen LogP contribution is -2.38. The zero-order valence-electron chi connectivity index (χ0n) is 15.9. The molecule has 28 heavy (non-hydrogen) atoms. The van der Waals surface area contributed by atoms with Crippen LogP contribution in [0.15, 0.2) is 41.7 Å². The van der Waals surface area contributed by atoms with E-state index in [1.54, 1.807) is 12.4 Å². The van der Waals surface area contributed by atoms with Crippen LogP contribution in [0.1, 0.15) is 19.3 Å². The summed E-state index contributed by atoms with van der Waals surface area (Å²) in [5.74, 6) is 3.13. The van der Waals surface area contributed by atoms with Crippen molar-refractivity contribution in [3.8, 4) is 11.5 Å². The van der Waals surface area contributed by atoms with E-state index in [0.717, 1.165) is 55.5 Å². The maximum atomic E-state index is 6.10. The summed E-state index contributed by atoms with van der Waals surface area (Å²) in [6.45, 7) is 3.88. The highest BCUT2D eigenvalue weighted by molar-refractivity contribution is 5.92. The van der Waals surface area contributed by atoms with Crippen LogP contribution in [-0.4, -0.2) is 48.8 Å². The van der Waals surface area contributed by atoms with Crippen LogP contribution in [0.5, 0.6) is 11.5 Å². The molecule has 0 radical (unpaired) electrons. The highest BCUT2D eigenvalue weighted by Crippen LogP contribution is 2.32. The summed E-state index contributed by atoms with van der Waals surface area (Å²) >= 11 is 0. The predicted molar refractivity (Wildman–Crippen MR) is 109 cm³/mol. The Hall–Kier alpha value is -3.03. The Labute approximate surface area is 164 Å². The van der Waals surface area contributed by atoms with Crippen LogP contribution < -0.4 is 25.4 Å². The molecule has 3 heterocycles. The van der Waals surface area contributed by atoms with Crippen molar-refractivity contribution in [3.05, 3.63) is 36.7 Å². The average molecular weight is 382 g/mol. The van der Waals surface area contributed by atoms with Crippen molar-refractivity contribution in [1.82, 2.24) is 9.97 Å². The van der Waals surface area contributed by atoms with E-state index >= 15 is 0 Å². The van der Waals surface area contributed by atoms with Gasteiger partial charge in [-0.05, 0) is 37.0 Å². The summed E-state index contributed by atoms with van der Waals surface area (Å²) in [4.78, 5) is 15.5. The molecule has 1 aromatic carbocycles. The van der Waals surface area contributed by atoms with E-state index in [-0.39, 0.29) is 0 Å². The molecule has 1 saturated heterocycles. The number of piperidine rings is 1. The maximum absolute atomic E-state index is 6.10. The third kappa shape index (κ3) is 4.62. The van der Waals surface area contributed by atoms with Gasteiger partial charge in [0.2, 0.25) is 5.95 Å². The first-order valence-electron chi connectivity index (χ1n) is 9.76. The van der Waals surface area contributed by atoms with Crippen molar-refractivity contribution in [2.75, 3.05) is 43.1 Å². The van der Waals surface area contributed by atoms with Crippen molar-refractivity contribution < 1.29 is 9.47 Å². The Balaban J connectivity index is 1.34. The van der Waals surface area contributed by atoms with Gasteiger partial charge in [0, 0.05) is 50.2 Å². The quantitative estimate of drug-likeness (QED) is 0.618. The minimum Gasteiger partial charge on any atom is -0.490 e. The Bertz CT molecular complexity index is 814. The zero-order valence-corrected chi connectivity index (χ0v) is 15.9. The predicted octanol–water partition coefficient (Wildman–Crippen LogP) is 2.28. The van der Waals surface area contributed by atoms with E-state index in [1.165, 1.54) is 0 Å². The molecule has 1 aromatic heterocycles. The summed E-state index contributed by atoms with van der Waals surface area (Å²) in [6, 6.07) is 7.56. The van der Waals surface area contributed by atoms with E-state index in [0.29, 0.717) is 31.6 Å². The van der Waals surface area contributed by atoms with Gasteiger partial charge >= 0.3 is 0 Å². The van der Waals surface area contributed by atoms with Crippen molar-refractivity contribution in [1.29, 1.82) is 0 Å². The number of rotatable bonds is 4. The van der Waals surface area contributed by atoms with Crippen LogP contribution in [0.3, 0.4) is 0 Å². The van der Waals surface area contributed by atoms with Crippen molar-refractivity contribution in [2.45, 2.75) is 19.3 Å². The smallest absolute Gasteiger partial charge is 0.225 e. The first kappa shape index (κ1) is 18.3. The fourth-order valence-corrected chi connectivity index (χ4v) is 3.51. The fraction of sp³-hybridized carbons (Fsp3) is 0.450. The number of hydrogen-bond donors (Lipinski definition) is 2. The minimum atomic E-state index is 0.405. The largest absolute Gasteiger partial charge is 0.490 e. The molecule has 0 amide bonds. The molecule has 1 atom stereocenters. The van der Waals surface area contributed by atoms with Gasteiger partial charge in [0.1, 0.15) is 0 Å². The van der Waals surface area contributed by atoms with Crippen LogP contribution in [0.2, 0.25) is 0 Å². The molecule has 0 spiro atoms. The first-order valence-corrected chi connectivity index (χ1v) is 9.76. The van der Waals surface area contributed by atoms with E-state index in [2.05, 4.69) is 25.2 Å². The Kier molecular flexibility index (Phi) is 5.75. The number of ether oxygens (including phenoxy) is 2. The van der Waals surface area contributed by atoms with Gasteiger partial charge in [-0.25, -0.2) is 9.97 Å². The number of benzene rings is 1. The molecule has 8 nitrogen and oxygen atoms in total. The molecule has 2 aliphatic heterocycles. The van der Waals surface area contributed by atoms with Crippen molar-refractivity contribution >= 4 is 17.6 Å². The number of nitrogens with two attached hydrogens (primary N) is 1. The maximum Gasteiger partial charge on any atom is 0.225 e. The molecule has 0 saturated carbocycles. The second kappa shape index (κ2) is 8.77. The molecule has 0 bridgehead atoms. The molecule has 1 unspecified atom stereocenters. The van der Waals surface area contributed by atoms with Crippen LogP contribution in [0, 0.1) is 5.92 Å². The summed E-state index contributed by atoms with van der Waals surface area (Å²) in [5, 5.41) is 3.15. The van der Waals surface area contributed by atoms with E-state index in [9.17, 15) is 0 Å². The van der Waals surface area contributed by atoms with E-state index in [1.807, 2.05) is 24.3 Å². The van der Waals surface area contributed by atoms with Crippen molar-refractivity contribution in [2.24, 2.45) is 16.6 Å². The monoisotopic (exact) mass is 382 g/mol. The van der Waals surface area contributed by atoms with Gasteiger partial charge in [-0.2, -0.15) is 0 Å². The Morgan fingerprint density at radius 3 is 2.86 bits per heavy atom. The number of aliphatic imine (C=N–C) groups is 1. The normalized spacial score (nSPS) is 19.8. The molecule has 0 aliphatic carbocycles. The number of guanidine groups is 1. The fourth-order valence-electron chi connectivity index (χ4n) is 3.51. The first-order chi connectivity index (χ1) is 13.8. The molecular weight excluding hydrogens is 356 g/mol. The van der Waals surface area contributed by atoms with E-state index < -0.39 is 0 Å². The van der Waals surface area contributed by atoms with Gasteiger partial charge in [0.15, 0.2) is 17.5 Å². The molecule has 1 fully saturated rings. The van der Waals surface area contributed by atoms with Gasteiger partial charge in [-0.15, -0.1) is 0 Å². The summed E-state index contributed by atoms with van der Waals surface area (Å²) in [6.07, 6.45) is 6.67. The van der Waals surface area contributed by atoms with Gasteiger partial charge in [0.05, 0.1) is 13.2 Å². The van der Waals surface area contributed by atoms with Gasteiger partial charge in [0.25, 0.3) is 0 Å². The number of nitrogens with one attached hydrogen (secondary N) is 1. The number of fused-ring (bicyclic) bond motifs is 1. The average Bonchev–Trinajstić information content (AvgIpc) is 2.98. The second-order valence-electron chi connectivity index (χ2n) is 7.07. The Morgan fingerprint density at radius 2 is 2.00 bits per heavy atom. The van der Waals surface area contributed by atoms with Crippen LogP contribution in [-0.2, 0) is 0 Å². The number of aromatic nitrogens is 2. The summed E-state index contributed by atoms with van der Waals surface area (Å²) in [5.41, 5.74) is 6.95. The number of hydrogen-bond acceptors (Lipinski definition) is 6. The molecular formula is C20H26N6O2. The minimum absolute atomic E-state index is 0.405. The SMILES string of the molecule is NC(=NCC1CCCN(c2ncccn2)C1)Nc1ccc2c(c1)OCCCO2. The number of nitrogens with zero attached hydrogens (tertiary/aromatic N) is 4. The lowest BCUT2D eigenvalue weighted by molar-refractivity contribution is 0.297. The van der Waals surface area contributed by atoms with Crippen molar-refractivity contribution in [3.63, 3.8) is 0 Å². The summed E-state index contributed by atoms with van der Waals surface area (Å²) < 4.78 is 11.4. The third-order valence-electron chi connectivity index (χ3n) is 4.89. The second-order valence-corrected chi connectivity index (χ2v) is 7.07. The molecule has 148 valence electrons. The lowest BCUT2D eigenvalue weighted by atomic mass is 9.98. The molecule has 3 N–H and O–H groups in total. The highest BCUT2D eigenvalue weighted by Gasteiger charge is 2.21. The van der Waals surface area contributed by atoms with Gasteiger partial charge in [-0.1, -0.05) is 0 Å². The molecule has 4 rings (SSSR count). The van der Waals surface area contributed by atoms with Gasteiger partial charge in [-0.3, -0.25) is 4.99 Å². The van der Waals surface area contributed by atoms with Crippen LogP contribution in [0.4, 0.5) is 11.6 Å². The van der Waals surface area contributed by atoms with Crippen LogP contribution in [0.25, 0.3) is 0 Å². The highest BCUT2D eigenvalue weighted by atomic mass is 16.5. The zero-order chi connectivity index (χ0) is 19.2. The Morgan fingerprint density at radius 1 is 1.18 bits per heavy atom. The molecule has 2 aliphatic rings. The lowest BCUT2D eigenvalue weighted by Gasteiger charge is -2.31. The third-order valence-corrected chi connectivity index (χ3v) is 4.89. The molecule has 8 heteroatoms. The van der Waals surface area contributed by atoms with E-state index in [4.69, 9.17) is 15.2 Å². The number of anilines is 2. The van der Waals surface area contributed by atoms with Gasteiger partial charge < -0.3 is 25.4 Å². The standard InChI is InChI=1S/C20H26N6O2/c21-19(25-16-5-6-17-18(12-16)28-11-3-10-27-17)24-13-15-4-1-9-26(14-15)20-22-7-2-8-23-20/h2,5-8,12,15H,1,3-4,9-11,13-14H2,(H3,21,24,25). The summed E-state index contributed by atoms with van der Waals surface area (Å²) in [7, 11) is 0. The topological polar surface area (TPSA) is 97.9 Å². The van der Waals surface area contributed by atoms with Crippen LogP contribution >= 0.6 is 0 Å². The molecule has 2 aromatic rings.